The zero-order valence-electron chi connectivity index (χ0n) is 17.0. The number of ketones is 1. The number of benzene rings is 2. The SMILES string of the molecule is COc1ccc2[nH]cc(C(=O)C3=Cc4cc(OC)c(OC)cc4CCN3C)c2c1. The third-order valence-corrected chi connectivity index (χ3v) is 5.43. The van der Waals surface area contributed by atoms with Crippen LogP contribution in [-0.4, -0.2) is 50.6 Å². The average Bonchev–Trinajstić information content (AvgIpc) is 3.10. The van der Waals surface area contributed by atoms with Crippen molar-refractivity contribution in [2.45, 2.75) is 6.42 Å². The summed E-state index contributed by atoms with van der Waals surface area (Å²) in [5, 5.41) is 0.848. The molecule has 0 radical (unpaired) electrons. The van der Waals surface area contributed by atoms with Gasteiger partial charge < -0.3 is 24.1 Å². The van der Waals surface area contributed by atoms with E-state index in [-0.39, 0.29) is 5.78 Å². The summed E-state index contributed by atoms with van der Waals surface area (Å²) in [5.74, 6) is 2.03. The number of carbonyl (C=O) groups is 1. The third-order valence-electron chi connectivity index (χ3n) is 5.43. The summed E-state index contributed by atoms with van der Waals surface area (Å²) in [5.41, 5.74) is 4.25. The van der Waals surface area contributed by atoms with Gasteiger partial charge in [0.2, 0.25) is 5.78 Å². The van der Waals surface area contributed by atoms with Crippen LogP contribution in [-0.2, 0) is 6.42 Å². The van der Waals surface area contributed by atoms with Gasteiger partial charge in [0, 0.05) is 36.3 Å². The van der Waals surface area contributed by atoms with Gasteiger partial charge in [-0.3, -0.25) is 4.79 Å². The molecular formula is C23H24N2O4. The number of carbonyl (C=O) groups excluding carboxylic acids is 1. The number of hydrogen-bond donors (Lipinski definition) is 1. The number of methoxy groups -OCH3 is 3. The highest BCUT2D eigenvalue weighted by atomic mass is 16.5. The first-order valence-corrected chi connectivity index (χ1v) is 9.43. The highest BCUT2D eigenvalue weighted by Crippen LogP contribution is 2.34. The van der Waals surface area contributed by atoms with Crippen LogP contribution in [0.2, 0.25) is 0 Å². The number of likely N-dealkylation sites (N-methyl/N-ethyl adjacent to an activating group) is 1. The van der Waals surface area contributed by atoms with Gasteiger partial charge in [0.15, 0.2) is 11.5 Å². The van der Waals surface area contributed by atoms with E-state index in [0.29, 0.717) is 22.8 Å². The fourth-order valence-corrected chi connectivity index (χ4v) is 3.75. The molecule has 0 unspecified atom stereocenters. The normalized spacial score (nSPS) is 13.5. The number of aromatic nitrogens is 1. The number of H-pyrrole nitrogens is 1. The van der Waals surface area contributed by atoms with Crippen molar-refractivity contribution >= 4 is 22.8 Å². The van der Waals surface area contributed by atoms with Crippen molar-refractivity contribution < 1.29 is 19.0 Å². The molecule has 0 bridgehead atoms. The van der Waals surface area contributed by atoms with Crippen LogP contribution >= 0.6 is 0 Å². The molecule has 6 heteroatoms. The lowest BCUT2D eigenvalue weighted by Crippen LogP contribution is -2.24. The molecule has 1 aromatic heterocycles. The van der Waals surface area contributed by atoms with Gasteiger partial charge in [-0.25, -0.2) is 0 Å². The number of allylic oxidation sites excluding steroid dienone is 1. The minimum atomic E-state index is -0.0327. The molecule has 0 saturated carbocycles. The molecule has 2 heterocycles. The second kappa shape index (κ2) is 7.54. The van der Waals surface area contributed by atoms with Crippen molar-refractivity contribution in [3.63, 3.8) is 0 Å². The predicted octanol–water partition coefficient (Wildman–Crippen LogP) is 3.91. The lowest BCUT2D eigenvalue weighted by molar-refractivity contribution is 0.100. The molecule has 1 aliphatic rings. The van der Waals surface area contributed by atoms with E-state index in [4.69, 9.17) is 14.2 Å². The molecule has 3 aromatic rings. The molecule has 0 spiro atoms. The Bertz CT molecular complexity index is 1110. The zero-order valence-corrected chi connectivity index (χ0v) is 17.0. The van der Waals surface area contributed by atoms with Crippen molar-refractivity contribution in [2.24, 2.45) is 0 Å². The first kappa shape index (κ1) is 18.9. The maximum atomic E-state index is 13.5. The number of hydrogen-bond acceptors (Lipinski definition) is 5. The van der Waals surface area contributed by atoms with Crippen molar-refractivity contribution in [2.75, 3.05) is 34.9 Å². The summed E-state index contributed by atoms with van der Waals surface area (Å²) >= 11 is 0. The Labute approximate surface area is 169 Å². The Kier molecular flexibility index (Phi) is 4.92. The molecule has 6 nitrogen and oxygen atoms in total. The number of aromatic amines is 1. The van der Waals surface area contributed by atoms with E-state index < -0.39 is 0 Å². The van der Waals surface area contributed by atoms with Gasteiger partial charge in [0.05, 0.1) is 27.0 Å². The fourth-order valence-electron chi connectivity index (χ4n) is 3.75. The first-order valence-electron chi connectivity index (χ1n) is 9.43. The quantitative estimate of drug-likeness (QED) is 0.667. The Morgan fingerprint density at radius 2 is 1.79 bits per heavy atom. The van der Waals surface area contributed by atoms with E-state index in [1.807, 2.05) is 48.4 Å². The average molecular weight is 392 g/mol. The van der Waals surface area contributed by atoms with E-state index in [9.17, 15) is 4.79 Å². The van der Waals surface area contributed by atoms with Gasteiger partial charge in [-0.15, -0.1) is 0 Å². The molecular weight excluding hydrogens is 368 g/mol. The molecule has 0 saturated heterocycles. The third kappa shape index (κ3) is 3.31. The van der Waals surface area contributed by atoms with E-state index in [1.165, 1.54) is 0 Å². The van der Waals surface area contributed by atoms with Crippen LogP contribution in [0.15, 0.2) is 42.2 Å². The summed E-state index contributed by atoms with van der Waals surface area (Å²) in [4.78, 5) is 18.7. The van der Waals surface area contributed by atoms with Crippen LogP contribution in [0.3, 0.4) is 0 Å². The summed E-state index contributed by atoms with van der Waals surface area (Å²) < 4.78 is 16.2. The lowest BCUT2D eigenvalue weighted by atomic mass is 10.0. The van der Waals surface area contributed by atoms with Gasteiger partial charge in [-0.2, -0.15) is 0 Å². The van der Waals surface area contributed by atoms with Gasteiger partial charge in [0.25, 0.3) is 0 Å². The van der Waals surface area contributed by atoms with Gasteiger partial charge in [-0.1, -0.05) is 0 Å². The van der Waals surface area contributed by atoms with Gasteiger partial charge in [0.1, 0.15) is 5.75 Å². The van der Waals surface area contributed by atoms with Crippen LogP contribution in [0, 0.1) is 0 Å². The van der Waals surface area contributed by atoms with Crippen LogP contribution in [0.1, 0.15) is 21.5 Å². The highest BCUT2D eigenvalue weighted by molar-refractivity contribution is 6.17. The fraction of sp³-hybridized carbons (Fsp3) is 0.261. The number of fused-ring (bicyclic) bond motifs is 2. The van der Waals surface area contributed by atoms with Gasteiger partial charge >= 0.3 is 0 Å². The van der Waals surface area contributed by atoms with Crippen molar-refractivity contribution in [3.8, 4) is 17.2 Å². The second-order valence-corrected chi connectivity index (χ2v) is 7.05. The van der Waals surface area contributed by atoms with E-state index in [0.717, 1.165) is 40.7 Å². The molecule has 2 aromatic carbocycles. The van der Waals surface area contributed by atoms with E-state index in [1.54, 1.807) is 27.5 Å². The summed E-state index contributed by atoms with van der Waals surface area (Å²) in [6.45, 7) is 0.728. The molecule has 0 fully saturated rings. The van der Waals surface area contributed by atoms with Gasteiger partial charge in [-0.05, 0) is 54.0 Å². The predicted molar refractivity (Wildman–Crippen MR) is 113 cm³/mol. The number of ether oxygens (including phenoxy) is 3. The zero-order chi connectivity index (χ0) is 20.5. The first-order chi connectivity index (χ1) is 14.0. The highest BCUT2D eigenvalue weighted by Gasteiger charge is 2.23. The van der Waals surface area contributed by atoms with Crippen molar-refractivity contribution in [1.29, 1.82) is 0 Å². The lowest BCUT2D eigenvalue weighted by Gasteiger charge is -2.19. The minimum Gasteiger partial charge on any atom is -0.497 e. The number of Topliss-reactive ketones (excluding diaryl/α,β-unsaturated/α-hetero) is 1. The summed E-state index contributed by atoms with van der Waals surface area (Å²) in [7, 11) is 6.81. The van der Waals surface area contributed by atoms with Crippen LogP contribution in [0.5, 0.6) is 17.2 Å². The minimum absolute atomic E-state index is 0.0327. The van der Waals surface area contributed by atoms with E-state index in [2.05, 4.69) is 4.98 Å². The smallest absolute Gasteiger partial charge is 0.211 e. The Morgan fingerprint density at radius 1 is 1.03 bits per heavy atom. The van der Waals surface area contributed by atoms with Crippen molar-refractivity contribution in [3.05, 3.63) is 58.9 Å². The topological polar surface area (TPSA) is 63.8 Å². The molecule has 1 N–H and O–H groups in total. The Hall–Kier alpha value is -3.41. The standard InChI is InChI=1S/C23H24N2O4/c1-25-8-7-14-10-21(28-3)22(29-4)11-15(14)9-20(25)23(26)18-13-24-19-6-5-16(27-2)12-17(18)19/h5-6,9-13,24H,7-8H2,1-4H3. The molecule has 0 atom stereocenters. The Morgan fingerprint density at radius 3 is 2.52 bits per heavy atom. The largest absolute Gasteiger partial charge is 0.497 e. The maximum absolute atomic E-state index is 13.5. The van der Waals surface area contributed by atoms with E-state index >= 15 is 0 Å². The molecule has 0 amide bonds. The van der Waals surface area contributed by atoms with Crippen LogP contribution in [0.4, 0.5) is 0 Å². The summed E-state index contributed by atoms with van der Waals surface area (Å²) in [6, 6.07) is 9.60. The number of nitrogens with zero attached hydrogens (tertiary/aromatic N) is 1. The molecule has 1 aliphatic heterocycles. The molecule has 150 valence electrons. The maximum Gasteiger partial charge on any atom is 0.211 e. The Balaban J connectivity index is 1.81. The monoisotopic (exact) mass is 392 g/mol. The molecule has 29 heavy (non-hydrogen) atoms. The number of nitrogens with one attached hydrogen (secondary N) is 1. The van der Waals surface area contributed by atoms with Crippen LogP contribution in [0.25, 0.3) is 17.0 Å². The number of rotatable bonds is 5. The molecule has 0 aliphatic carbocycles. The van der Waals surface area contributed by atoms with Crippen LogP contribution < -0.4 is 14.2 Å². The summed E-state index contributed by atoms with van der Waals surface area (Å²) in [6.07, 6.45) is 4.51. The molecule has 4 rings (SSSR count). The second-order valence-electron chi connectivity index (χ2n) is 7.05. The van der Waals surface area contributed by atoms with Crippen molar-refractivity contribution in [1.82, 2.24) is 9.88 Å².